The van der Waals surface area contributed by atoms with E-state index in [1.54, 1.807) is 6.20 Å². The molecule has 2 rings (SSSR count). The molecular weight excluding hydrogens is 140 g/mol. The second kappa shape index (κ2) is 2.20. The predicted molar refractivity (Wildman–Crippen MR) is 41.4 cm³/mol. The molecular formula is C8H10N2O. The van der Waals surface area contributed by atoms with E-state index in [9.17, 15) is 0 Å². The lowest BCUT2D eigenvalue weighted by Crippen LogP contribution is -2.10. The summed E-state index contributed by atoms with van der Waals surface area (Å²) >= 11 is 0. The lowest BCUT2D eigenvalue weighted by molar-refractivity contribution is 0.330. The number of hydrogen-bond acceptors (Lipinski definition) is 3. The van der Waals surface area contributed by atoms with Gasteiger partial charge in [0.2, 0.25) is 0 Å². The van der Waals surface area contributed by atoms with Crippen LogP contribution in [0.15, 0.2) is 12.3 Å². The maximum atomic E-state index is 5.76. The van der Waals surface area contributed by atoms with Crippen molar-refractivity contribution in [1.82, 2.24) is 4.98 Å². The number of aromatic nitrogens is 1. The first-order chi connectivity index (χ1) is 5.29. The van der Waals surface area contributed by atoms with Crippen LogP contribution in [0.2, 0.25) is 0 Å². The average molecular weight is 150 g/mol. The zero-order valence-electron chi connectivity index (χ0n) is 6.37. The van der Waals surface area contributed by atoms with E-state index in [4.69, 9.17) is 10.5 Å². The molecule has 0 bridgehead atoms. The Hall–Kier alpha value is -1.09. The second-order valence-corrected chi connectivity index (χ2v) is 2.73. The Morgan fingerprint density at radius 1 is 1.73 bits per heavy atom. The summed E-state index contributed by atoms with van der Waals surface area (Å²) in [6.45, 7) is 2.51. The first-order valence-electron chi connectivity index (χ1n) is 3.63. The fraction of sp³-hybridized carbons (Fsp3) is 0.375. The van der Waals surface area contributed by atoms with Crippen LogP contribution >= 0.6 is 0 Å². The van der Waals surface area contributed by atoms with Crippen molar-refractivity contribution in [3.8, 4) is 5.75 Å². The lowest BCUT2D eigenvalue weighted by Gasteiger charge is -2.00. The number of pyridine rings is 1. The van der Waals surface area contributed by atoms with E-state index in [0.29, 0.717) is 6.61 Å². The van der Waals surface area contributed by atoms with E-state index in [1.807, 2.05) is 13.0 Å². The van der Waals surface area contributed by atoms with Gasteiger partial charge in [-0.1, -0.05) is 0 Å². The van der Waals surface area contributed by atoms with Gasteiger partial charge in [-0.3, -0.25) is 4.98 Å². The van der Waals surface area contributed by atoms with Crippen molar-refractivity contribution >= 4 is 0 Å². The van der Waals surface area contributed by atoms with E-state index in [0.717, 1.165) is 17.0 Å². The molecule has 0 radical (unpaired) electrons. The molecule has 1 aliphatic rings. The highest BCUT2D eigenvalue weighted by Crippen LogP contribution is 2.31. The standard InChI is InChI=1S/C8H10N2O/c1-5-8-6(2-3-10-5)7(9)4-11-8/h2-3,7H,4,9H2,1H3. The quantitative estimate of drug-likeness (QED) is 0.594. The third-order valence-corrected chi connectivity index (χ3v) is 1.92. The molecule has 58 valence electrons. The van der Waals surface area contributed by atoms with Gasteiger partial charge in [0.1, 0.15) is 12.4 Å². The maximum absolute atomic E-state index is 5.76. The highest BCUT2D eigenvalue weighted by molar-refractivity contribution is 5.41. The van der Waals surface area contributed by atoms with Gasteiger partial charge in [0.25, 0.3) is 0 Å². The van der Waals surface area contributed by atoms with Gasteiger partial charge in [-0.15, -0.1) is 0 Å². The molecule has 0 fully saturated rings. The molecule has 2 N–H and O–H groups in total. The number of nitrogens with two attached hydrogens (primary N) is 1. The molecule has 1 aliphatic heterocycles. The summed E-state index contributed by atoms with van der Waals surface area (Å²) < 4.78 is 5.35. The second-order valence-electron chi connectivity index (χ2n) is 2.73. The van der Waals surface area contributed by atoms with Crippen LogP contribution in [-0.4, -0.2) is 11.6 Å². The molecule has 3 heteroatoms. The van der Waals surface area contributed by atoms with E-state index < -0.39 is 0 Å². The number of nitrogens with zero attached hydrogens (tertiary/aromatic N) is 1. The summed E-state index contributed by atoms with van der Waals surface area (Å²) in [6, 6.07) is 1.95. The number of ether oxygens (including phenoxy) is 1. The first-order valence-corrected chi connectivity index (χ1v) is 3.63. The summed E-state index contributed by atoms with van der Waals surface area (Å²) in [6.07, 6.45) is 1.77. The van der Waals surface area contributed by atoms with Crippen LogP contribution in [0.3, 0.4) is 0 Å². The molecule has 0 saturated carbocycles. The van der Waals surface area contributed by atoms with Crippen LogP contribution in [-0.2, 0) is 0 Å². The van der Waals surface area contributed by atoms with Gasteiger partial charge in [0, 0.05) is 11.8 Å². The first kappa shape index (κ1) is 6.61. The number of hydrogen-bond donors (Lipinski definition) is 1. The molecule has 11 heavy (non-hydrogen) atoms. The van der Waals surface area contributed by atoms with Crippen molar-refractivity contribution < 1.29 is 4.74 Å². The van der Waals surface area contributed by atoms with Crippen LogP contribution in [0.1, 0.15) is 17.3 Å². The molecule has 3 nitrogen and oxygen atoms in total. The zero-order valence-corrected chi connectivity index (χ0v) is 6.37. The number of fused-ring (bicyclic) bond motifs is 1. The van der Waals surface area contributed by atoms with Gasteiger partial charge >= 0.3 is 0 Å². The number of rotatable bonds is 0. The van der Waals surface area contributed by atoms with E-state index in [-0.39, 0.29) is 6.04 Å². The molecule has 1 unspecified atom stereocenters. The Balaban J connectivity index is 2.57. The van der Waals surface area contributed by atoms with Gasteiger partial charge in [-0.2, -0.15) is 0 Å². The monoisotopic (exact) mass is 150 g/mol. The van der Waals surface area contributed by atoms with E-state index in [2.05, 4.69) is 4.98 Å². The normalized spacial score (nSPS) is 21.1. The Kier molecular flexibility index (Phi) is 1.32. The fourth-order valence-corrected chi connectivity index (χ4v) is 1.32. The molecule has 1 aromatic rings. The third-order valence-electron chi connectivity index (χ3n) is 1.92. The Labute approximate surface area is 65.2 Å². The third kappa shape index (κ3) is 0.886. The summed E-state index contributed by atoms with van der Waals surface area (Å²) in [5, 5.41) is 0. The fourth-order valence-electron chi connectivity index (χ4n) is 1.32. The van der Waals surface area contributed by atoms with Gasteiger partial charge in [0.05, 0.1) is 11.7 Å². The summed E-state index contributed by atoms with van der Waals surface area (Å²) in [5.74, 6) is 0.875. The predicted octanol–water partition coefficient (Wildman–Crippen LogP) is 0.782. The van der Waals surface area contributed by atoms with Crippen molar-refractivity contribution in [2.75, 3.05) is 6.61 Å². The minimum Gasteiger partial charge on any atom is -0.489 e. The zero-order chi connectivity index (χ0) is 7.84. The summed E-state index contributed by atoms with van der Waals surface area (Å²) in [4.78, 5) is 4.10. The Morgan fingerprint density at radius 2 is 2.55 bits per heavy atom. The SMILES string of the molecule is Cc1nccc2c1OCC2N. The van der Waals surface area contributed by atoms with Gasteiger partial charge in [-0.05, 0) is 13.0 Å². The molecule has 0 amide bonds. The molecule has 1 aromatic heterocycles. The van der Waals surface area contributed by atoms with E-state index in [1.165, 1.54) is 0 Å². The molecule has 0 aliphatic carbocycles. The van der Waals surface area contributed by atoms with Crippen molar-refractivity contribution in [1.29, 1.82) is 0 Å². The van der Waals surface area contributed by atoms with E-state index >= 15 is 0 Å². The molecule has 0 saturated heterocycles. The largest absolute Gasteiger partial charge is 0.489 e. The minimum absolute atomic E-state index is 0.0340. The van der Waals surface area contributed by atoms with Gasteiger partial charge in [-0.25, -0.2) is 0 Å². The van der Waals surface area contributed by atoms with Gasteiger partial charge < -0.3 is 10.5 Å². The van der Waals surface area contributed by atoms with Crippen LogP contribution in [0, 0.1) is 6.92 Å². The molecule has 0 aromatic carbocycles. The van der Waals surface area contributed by atoms with Crippen molar-refractivity contribution in [2.45, 2.75) is 13.0 Å². The number of aryl methyl sites for hydroxylation is 1. The van der Waals surface area contributed by atoms with Crippen molar-refractivity contribution in [3.63, 3.8) is 0 Å². The molecule has 2 heterocycles. The lowest BCUT2D eigenvalue weighted by atomic mass is 10.1. The smallest absolute Gasteiger partial charge is 0.145 e. The summed E-state index contributed by atoms with van der Waals surface area (Å²) in [5.41, 5.74) is 7.77. The topological polar surface area (TPSA) is 48.1 Å². The highest BCUT2D eigenvalue weighted by Gasteiger charge is 2.21. The van der Waals surface area contributed by atoms with Crippen LogP contribution in [0.5, 0.6) is 5.75 Å². The average Bonchev–Trinajstić information content (AvgIpc) is 2.35. The van der Waals surface area contributed by atoms with Gasteiger partial charge in [0.15, 0.2) is 0 Å². The maximum Gasteiger partial charge on any atom is 0.145 e. The Bertz CT molecular complexity index is 285. The Morgan fingerprint density at radius 3 is 3.27 bits per heavy atom. The minimum atomic E-state index is 0.0340. The van der Waals surface area contributed by atoms with Crippen LogP contribution in [0.4, 0.5) is 0 Å². The van der Waals surface area contributed by atoms with Crippen LogP contribution < -0.4 is 10.5 Å². The highest BCUT2D eigenvalue weighted by atomic mass is 16.5. The molecule has 1 atom stereocenters. The summed E-state index contributed by atoms with van der Waals surface area (Å²) in [7, 11) is 0. The van der Waals surface area contributed by atoms with Crippen molar-refractivity contribution in [2.24, 2.45) is 5.73 Å². The van der Waals surface area contributed by atoms with Crippen LogP contribution in [0.25, 0.3) is 0 Å². The molecule has 0 spiro atoms. The van der Waals surface area contributed by atoms with Crippen molar-refractivity contribution in [3.05, 3.63) is 23.5 Å².